The number of carbonyl (C=O) groups is 4. The van der Waals surface area contributed by atoms with Crippen LogP contribution in [-0.4, -0.2) is 42.9 Å². The van der Waals surface area contributed by atoms with Crippen LogP contribution < -0.4 is 21.3 Å². The summed E-state index contributed by atoms with van der Waals surface area (Å²) in [7, 11) is 0. The topological polar surface area (TPSA) is 135 Å². The SMILES string of the molecule is CC(C)(C)OC(=O)NCNC(=O)NC(=O)CNC(=O)OCc1ccccc1. The van der Waals surface area contributed by atoms with Crippen molar-refractivity contribution in [3.8, 4) is 0 Å². The van der Waals surface area contributed by atoms with Crippen LogP contribution in [0.4, 0.5) is 14.4 Å². The van der Waals surface area contributed by atoms with Gasteiger partial charge in [-0.15, -0.1) is 0 Å². The number of hydrogen-bond acceptors (Lipinski definition) is 6. The Morgan fingerprint density at radius 2 is 1.59 bits per heavy atom. The number of rotatable bonds is 6. The molecule has 0 unspecified atom stereocenters. The van der Waals surface area contributed by atoms with E-state index in [1.807, 2.05) is 11.4 Å². The Bertz CT molecular complexity index is 657. The van der Waals surface area contributed by atoms with E-state index in [1.165, 1.54) is 0 Å². The van der Waals surface area contributed by atoms with E-state index in [-0.39, 0.29) is 13.3 Å². The molecule has 0 aliphatic rings. The Kier molecular flexibility index (Phi) is 8.57. The number of nitrogens with one attached hydrogen (secondary N) is 4. The molecule has 0 fully saturated rings. The number of imide groups is 1. The zero-order valence-corrected chi connectivity index (χ0v) is 15.5. The molecule has 148 valence electrons. The molecule has 10 nitrogen and oxygen atoms in total. The minimum Gasteiger partial charge on any atom is -0.445 e. The summed E-state index contributed by atoms with van der Waals surface area (Å²) >= 11 is 0. The van der Waals surface area contributed by atoms with Gasteiger partial charge in [-0.25, -0.2) is 14.4 Å². The van der Waals surface area contributed by atoms with E-state index in [0.29, 0.717) is 0 Å². The fourth-order valence-electron chi connectivity index (χ4n) is 1.65. The van der Waals surface area contributed by atoms with Gasteiger partial charge >= 0.3 is 18.2 Å². The van der Waals surface area contributed by atoms with Gasteiger partial charge in [-0.1, -0.05) is 30.3 Å². The summed E-state index contributed by atoms with van der Waals surface area (Å²) in [6.07, 6.45) is -1.50. The van der Waals surface area contributed by atoms with Crippen molar-refractivity contribution in [2.45, 2.75) is 33.0 Å². The first-order valence-electron chi connectivity index (χ1n) is 8.15. The second-order valence-corrected chi connectivity index (χ2v) is 6.32. The summed E-state index contributed by atoms with van der Waals surface area (Å²) in [6.45, 7) is 4.47. The van der Waals surface area contributed by atoms with Crippen LogP contribution in [0.15, 0.2) is 30.3 Å². The largest absolute Gasteiger partial charge is 0.445 e. The van der Waals surface area contributed by atoms with E-state index in [1.54, 1.807) is 45.0 Å². The van der Waals surface area contributed by atoms with Crippen LogP contribution in [0.25, 0.3) is 0 Å². The Hall–Kier alpha value is -3.30. The third-order valence-electron chi connectivity index (χ3n) is 2.74. The van der Waals surface area contributed by atoms with Crippen molar-refractivity contribution in [2.75, 3.05) is 13.2 Å². The minimum absolute atomic E-state index is 0.0606. The lowest BCUT2D eigenvalue weighted by Gasteiger charge is -2.19. The van der Waals surface area contributed by atoms with Crippen LogP contribution in [0.5, 0.6) is 0 Å². The average molecular weight is 380 g/mol. The van der Waals surface area contributed by atoms with Gasteiger partial charge < -0.3 is 25.4 Å². The number of alkyl carbamates (subject to hydrolysis) is 2. The Balaban J connectivity index is 2.15. The normalized spacial score (nSPS) is 10.3. The van der Waals surface area contributed by atoms with Crippen LogP contribution >= 0.6 is 0 Å². The zero-order chi connectivity index (χ0) is 20.3. The van der Waals surface area contributed by atoms with E-state index in [9.17, 15) is 19.2 Å². The highest BCUT2D eigenvalue weighted by Crippen LogP contribution is 2.05. The lowest BCUT2D eigenvalue weighted by atomic mass is 10.2. The predicted octanol–water partition coefficient (Wildman–Crippen LogP) is 1.22. The molecule has 4 N–H and O–H groups in total. The van der Waals surface area contributed by atoms with Gasteiger partial charge in [0, 0.05) is 0 Å². The maximum Gasteiger partial charge on any atom is 0.409 e. The lowest BCUT2D eigenvalue weighted by Crippen LogP contribution is -2.48. The monoisotopic (exact) mass is 380 g/mol. The highest BCUT2D eigenvalue weighted by atomic mass is 16.6. The molecule has 0 saturated heterocycles. The third kappa shape index (κ3) is 11.0. The van der Waals surface area contributed by atoms with Gasteiger partial charge in [0.25, 0.3) is 0 Å². The quantitative estimate of drug-likeness (QED) is 0.548. The molecular weight excluding hydrogens is 356 g/mol. The molecular formula is C17H24N4O6. The molecule has 10 heteroatoms. The van der Waals surface area contributed by atoms with Crippen molar-refractivity contribution >= 4 is 24.1 Å². The molecule has 0 spiro atoms. The van der Waals surface area contributed by atoms with Gasteiger partial charge in [-0.05, 0) is 26.3 Å². The highest BCUT2D eigenvalue weighted by molar-refractivity contribution is 5.96. The van der Waals surface area contributed by atoms with E-state index < -0.39 is 36.3 Å². The first-order valence-corrected chi connectivity index (χ1v) is 8.15. The fourth-order valence-corrected chi connectivity index (χ4v) is 1.65. The van der Waals surface area contributed by atoms with Crippen LogP contribution in [0.3, 0.4) is 0 Å². The van der Waals surface area contributed by atoms with Crippen LogP contribution in [0.1, 0.15) is 26.3 Å². The molecule has 0 saturated carbocycles. The number of urea groups is 1. The molecule has 0 atom stereocenters. The Morgan fingerprint density at radius 1 is 0.926 bits per heavy atom. The first-order chi connectivity index (χ1) is 12.7. The van der Waals surface area contributed by atoms with Crippen molar-refractivity contribution < 1.29 is 28.7 Å². The predicted molar refractivity (Wildman–Crippen MR) is 95.5 cm³/mol. The summed E-state index contributed by atoms with van der Waals surface area (Å²) in [5.74, 6) is -0.749. The molecule has 27 heavy (non-hydrogen) atoms. The zero-order valence-electron chi connectivity index (χ0n) is 15.5. The smallest absolute Gasteiger partial charge is 0.409 e. The number of ether oxygens (including phenoxy) is 2. The molecule has 1 rings (SSSR count). The van der Waals surface area contributed by atoms with E-state index in [2.05, 4.69) is 16.0 Å². The number of carbonyl (C=O) groups excluding carboxylic acids is 4. The third-order valence-corrected chi connectivity index (χ3v) is 2.74. The number of benzene rings is 1. The maximum atomic E-state index is 11.6. The molecule has 0 heterocycles. The summed E-state index contributed by atoms with van der Waals surface area (Å²) in [5, 5.41) is 8.72. The molecule has 0 aromatic heterocycles. The molecule has 5 amide bonds. The molecule has 0 aliphatic heterocycles. The van der Waals surface area contributed by atoms with Crippen molar-refractivity contribution in [3.05, 3.63) is 35.9 Å². The van der Waals surface area contributed by atoms with E-state index in [4.69, 9.17) is 9.47 Å². The van der Waals surface area contributed by atoms with Crippen molar-refractivity contribution in [2.24, 2.45) is 0 Å². The number of amides is 5. The Morgan fingerprint density at radius 3 is 2.22 bits per heavy atom. The fraction of sp³-hybridized carbons (Fsp3) is 0.412. The molecule has 1 aromatic rings. The molecule has 0 radical (unpaired) electrons. The lowest BCUT2D eigenvalue weighted by molar-refractivity contribution is -0.119. The van der Waals surface area contributed by atoms with Crippen molar-refractivity contribution in [1.29, 1.82) is 0 Å². The Labute approximate surface area is 157 Å². The second kappa shape index (κ2) is 10.6. The van der Waals surface area contributed by atoms with Gasteiger partial charge in [0.15, 0.2) is 0 Å². The molecule has 0 aliphatic carbocycles. The van der Waals surface area contributed by atoms with Gasteiger partial charge in [0.05, 0.1) is 6.67 Å². The number of hydrogen-bond donors (Lipinski definition) is 4. The van der Waals surface area contributed by atoms with Crippen LogP contribution in [0, 0.1) is 0 Å². The van der Waals surface area contributed by atoms with E-state index >= 15 is 0 Å². The maximum absolute atomic E-state index is 11.6. The van der Waals surface area contributed by atoms with Gasteiger partial charge in [-0.3, -0.25) is 10.1 Å². The summed E-state index contributed by atoms with van der Waals surface area (Å²) in [5.41, 5.74) is 0.136. The van der Waals surface area contributed by atoms with E-state index in [0.717, 1.165) is 5.56 Å². The standard InChI is InChI=1S/C17H24N4O6/c1-17(2,3)27-16(25)20-11-19-14(23)21-13(22)9-18-15(24)26-10-12-7-5-4-6-8-12/h4-8H,9-11H2,1-3H3,(H,18,24)(H,20,25)(H2,19,21,22,23). The van der Waals surface area contributed by atoms with Crippen molar-refractivity contribution in [3.63, 3.8) is 0 Å². The van der Waals surface area contributed by atoms with Gasteiger partial charge in [0.1, 0.15) is 18.8 Å². The summed E-state index contributed by atoms with van der Waals surface area (Å²) < 4.78 is 9.89. The van der Waals surface area contributed by atoms with Gasteiger partial charge in [0.2, 0.25) is 5.91 Å². The summed E-state index contributed by atoms with van der Waals surface area (Å²) in [6, 6.07) is 8.18. The van der Waals surface area contributed by atoms with Crippen LogP contribution in [0.2, 0.25) is 0 Å². The first kappa shape index (κ1) is 21.7. The average Bonchev–Trinajstić information content (AvgIpc) is 2.57. The van der Waals surface area contributed by atoms with Gasteiger partial charge in [-0.2, -0.15) is 0 Å². The second-order valence-electron chi connectivity index (χ2n) is 6.32. The van der Waals surface area contributed by atoms with Crippen molar-refractivity contribution in [1.82, 2.24) is 21.3 Å². The highest BCUT2D eigenvalue weighted by Gasteiger charge is 2.16. The van der Waals surface area contributed by atoms with Crippen LogP contribution in [-0.2, 0) is 20.9 Å². The molecule has 0 bridgehead atoms. The summed E-state index contributed by atoms with van der Waals surface area (Å²) in [4.78, 5) is 45.9. The minimum atomic E-state index is -0.837. The molecule has 1 aromatic carbocycles.